The minimum atomic E-state index is -0.600. The molecule has 8 heteroatoms. The second-order valence-electron chi connectivity index (χ2n) is 5.00. The summed E-state index contributed by atoms with van der Waals surface area (Å²) in [5.41, 5.74) is 5.29. The van der Waals surface area contributed by atoms with Gasteiger partial charge in [0.1, 0.15) is 10.7 Å². The molecule has 0 aliphatic carbocycles. The maximum atomic E-state index is 10.6. The third kappa shape index (κ3) is 3.17. The molecule has 0 radical (unpaired) electrons. The Morgan fingerprint density at radius 1 is 1.33 bits per heavy atom. The average molecular weight is 326 g/mol. The molecular formula is C16H14N4O4. The van der Waals surface area contributed by atoms with E-state index < -0.39 is 4.92 Å². The van der Waals surface area contributed by atoms with E-state index in [9.17, 15) is 10.1 Å². The van der Waals surface area contributed by atoms with Crippen molar-refractivity contribution in [2.75, 3.05) is 12.5 Å². The maximum absolute atomic E-state index is 10.6. The number of anilines is 1. The van der Waals surface area contributed by atoms with E-state index >= 15 is 0 Å². The van der Waals surface area contributed by atoms with Crippen LogP contribution in [0, 0.1) is 17.0 Å². The molecule has 0 unspecified atom stereocenters. The number of methoxy groups -OCH3 is 1. The van der Waals surface area contributed by atoms with Crippen LogP contribution in [0.15, 0.2) is 45.9 Å². The molecule has 122 valence electrons. The van der Waals surface area contributed by atoms with Crippen LogP contribution < -0.4 is 10.2 Å². The summed E-state index contributed by atoms with van der Waals surface area (Å²) in [4.78, 5) is 14.4. The Bertz CT molecular complexity index is 933. The van der Waals surface area contributed by atoms with Crippen molar-refractivity contribution in [2.24, 2.45) is 5.10 Å². The molecule has 2 heterocycles. The summed E-state index contributed by atoms with van der Waals surface area (Å²) in [6.07, 6.45) is 1.37. The molecule has 8 nitrogen and oxygen atoms in total. The van der Waals surface area contributed by atoms with Gasteiger partial charge in [-0.25, -0.2) is 0 Å². The van der Waals surface area contributed by atoms with Gasteiger partial charge in [0.25, 0.3) is 0 Å². The number of fused-ring (bicyclic) bond motifs is 1. The van der Waals surface area contributed by atoms with Crippen molar-refractivity contribution >= 4 is 28.7 Å². The number of benzene rings is 1. The summed E-state index contributed by atoms with van der Waals surface area (Å²) in [5.74, 6) is 0.662. The summed E-state index contributed by atoms with van der Waals surface area (Å²) in [5, 5.41) is 15.5. The fraction of sp³-hybridized carbons (Fsp3) is 0.125. The van der Waals surface area contributed by atoms with Gasteiger partial charge in [0, 0.05) is 11.1 Å². The van der Waals surface area contributed by atoms with Crippen molar-refractivity contribution in [3.8, 4) is 5.75 Å². The standard InChI is InChI=1S/C16H14N4O4/c1-10-7-15(13-8-11(23-2)3-5-14(13)18-10)19-17-9-12-4-6-16(24-12)20(21)22/h3-9H,1-2H3,(H,18,19). The number of nitrogens with zero attached hydrogens (tertiary/aromatic N) is 3. The van der Waals surface area contributed by atoms with Gasteiger partial charge in [-0.3, -0.25) is 20.5 Å². The van der Waals surface area contributed by atoms with Gasteiger partial charge in [-0.15, -0.1) is 0 Å². The molecule has 1 aromatic carbocycles. The number of nitrogens with one attached hydrogen (secondary N) is 1. The molecule has 0 amide bonds. The second-order valence-corrected chi connectivity index (χ2v) is 5.00. The number of aryl methyl sites for hydroxylation is 1. The van der Waals surface area contributed by atoms with Crippen LogP contribution in [0.5, 0.6) is 5.75 Å². The van der Waals surface area contributed by atoms with E-state index in [0.29, 0.717) is 5.75 Å². The van der Waals surface area contributed by atoms with E-state index in [1.54, 1.807) is 7.11 Å². The van der Waals surface area contributed by atoms with Crippen LogP contribution in [-0.2, 0) is 0 Å². The van der Waals surface area contributed by atoms with Gasteiger partial charge in [-0.2, -0.15) is 5.10 Å². The molecule has 3 aromatic rings. The van der Waals surface area contributed by atoms with E-state index in [-0.39, 0.29) is 11.6 Å². The van der Waals surface area contributed by atoms with Crippen molar-refractivity contribution < 1.29 is 14.1 Å². The molecule has 0 spiro atoms. The SMILES string of the molecule is COc1ccc2nc(C)cc(NN=Cc3ccc([N+](=O)[O-])o3)c2c1. The van der Waals surface area contributed by atoms with Gasteiger partial charge in [-0.05, 0) is 37.3 Å². The Hall–Kier alpha value is -3.42. The summed E-state index contributed by atoms with van der Waals surface area (Å²) >= 11 is 0. The smallest absolute Gasteiger partial charge is 0.433 e. The van der Waals surface area contributed by atoms with Gasteiger partial charge in [0.2, 0.25) is 0 Å². The monoisotopic (exact) mass is 326 g/mol. The van der Waals surface area contributed by atoms with Crippen LogP contribution in [0.1, 0.15) is 11.5 Å². The lowest BCUT2D eigenvalue weighted by atomic mass is 10.1. The zero-order valence-corrected chi connectivity index (χ0v) is 13.0. The zero-order valence-electron chi connectivity index (χ0n) is 13.0. The molecule has 0 bridgehead atoms. The first-order chi connectivity index (χ1) is 11.6. The Labute approximate surface area is 136 Å². The van der Waals surface area contributed by atoms with Crippen LogP contribution in [0.2, 0.25) is 0 Å². The first-order valence-corrected chi connectivity index (χ1v) is 7.05. The summed E-state index contributed by atoms with van der Waals surface area (Å²) < 4.78 is 10.2. The van der Waals surface area contributed by atoms with Crippen molar-refractivity contribution in [1.82, 2.24) is 4.98 Å². The van der Waals surface area contributed by atoms with Crippen LogP contribution in [0.3, 0.4) is 0 Å². The van der Waals surface area contributed by atoms with Gasteiger partial charge in [0.05, 0.1) is 30.6 Å². The number of hydrogen-bond acceptors (Lipinski definition) is 7. The van der Waals surface area contributed by atoms with Crippen molar-refractivity contribution in [3.63, 3.8) is 0 Å². The normalized spacial score (nSPS) is 11.1. The minimum absolute atomic E-state index is 0.280. The summed E-state index contributed by atoms with van der Waals surface area (Å²) in [6.45, 7) is 1.88. The molecule has 0 fully saturated rings. The third-order valence-electron chi connectivity index (χ3n) is 3.31. The van der Waals surface area contributed by atoms with Crippen LogP contribution in [-0.4, -0.2) is 23.2 Å². The first-order valence-electron chi connectivity index (χ1n) is 7.05. The summed E-state index contributed by atoms with van der Waals surface area (Å²) in [7, 11) is 1.60. The largest absolute Gasteiger partial charge is 0.497 e. The molecule has 24 heavy (non-hydrogen) atoms. The molecule has 0 aliphatic rings. The highest BCUT2D eigenvalue weighted by atomic mass is 16.6. The molecule has 3 rings (SSSR count). The highest BCUT2D eigenvalue weighted by Crippen LogP contribution is 2.27. The lowest BCUT2D eigenvalue weighted by Gasteiger charge is -2.08. The number of hydrogen-bond donors (Lipinski definition) is 1. The molecule has 0 atom stereocenters. The van der Waals surface area contributed by atoms with E-state index in [2.05, 4.69) is 15.5 Å². The van der Waals surface area contributed by atoms with E-state index in [1.165, 1.54) is 18.3 Å². The second kappa shape index (κ2) is 6.37. The van der Waals surface area contributed by atoms with Gasteiger partial charge in [-0.1, -0.05) is 0 Å². The number of ether oxygens (including phenoxy) is 1. The molecule has 1 N–H and O–H groups in total. The Morgan fingerprint density at radius 2 is 2.17 bits per heavy atom. The molecular weight excluding hydrogens is 312 g/mol. The zero-order chi connectivity index (χ0) is 17.1. The Morgan fingerprint density at radius 3 is 2.88 bits per heavy atom. The molecule has 2 aromatic heterocycles. The highest BCUT2D eigenvalue weighted by Gasteiger charge is 2.10. The predicted molar refractivity (Wildman–Crippen MR) is 89.6 cm³/mol. The first kappa shape index (κ1) is 15.5. The average Bonchev–Trinajstić information content (AvgIpc) is 3.03. The van der Waals surface area contributed by atoms with E-state index in [0.717, 1.165) is 22.3 Å². The highest BCUT2D eigenvalue weighted by molar-refractivity contribution is 5.93. The van der Waals surface area contributed by atoms with Gasteiger partial charge in [0.15, 0.2) is 5.76 Å². The molecule has 0 saturated carbocycles. The topological polar surface area (TPSA) is 103 Å². The van der Waals surface area contributed by atoms with Crippen LogP contribution in [0.4, 0.5) is 11.6 Å². The Kier molecular flexibility index (Phi) is 4.11. The number of furan rings is 1. The van der Waals surface area contributed by atoms with Crippen LogP contribution >= 0.6 is 0 Å². The van der Waals surface area contributed by atoms with Crippen molar-refractivity contribution in [1.29, 1.82) is 0 Å². The lowest BCUT2D eigenvalue weighted by molar-refractivity contribution is -0.402. The fourth-order valence-electron chi connectivity index (χ4n) is 2.23. The predicted octanol–water partition coefficient (Wildman–Crippen LogP) is 3.50. The quantitative estimate of drug-likeness (QED) is 0.437. The van der Waals surface area contributed by atoms with Crippen LogP contribution in [0.25, 0.3) is 10.9 Å². The third-order valence-corrected chi connectivity index (χ3v) is 3.31. The minimum Gasteiger partial charge on any atom is -0.497 e. The number of aromatic nitrogens is 1. The summed E-state index contributed by atoms with van der Waals surface area (Å²) in [6, 6.07) is 10.2. The van der Waals surface area contributed by atoms with Gasteiger partial charge >= 0.3 is 5.88 Å². The number of pyridine rings is 1. The van der Waals surface area contributed by atoms with Crippen molar-refractivity contribution in [2.45, 2.75) is 6.92 Å². The Balaban J connectivity index is 1.88. The molecule has 0 aliphatic heterocycles. The fourth-order valence-corrected chi connectivity index (χ4v) is 2.23. The van der Waals surface area contributed by atoms with Crippen molar-refractivity contribution in [3.05, 3.63) is 58.0 Å². The number of hydrazone groups is 1. The number of nitro groups is 1. The number of rotatable bonds is 5. The van der Waals surface area contributed by atoms with E-state index in [4.69, 9.17) is 9.15 Å². The van der Waals surface area contributed by atoms with Gasteiger partial charge < -0.3 is 9.15 Å². The molecule has 0 saturated heterocycles. The maximum Gasteiger partial charge on any atom is 0.433 e. The lowest BCUT2D eigenvalue weighted by Crippen LogP contribution is -1.95. The van der Waals surface area contributed by atoms with E-state index in [1.807, 2.05) is 31.2 Å².